The maximum absolute atomic E-state index is 14.3. The molecule has 1 unspecified atom stereocenters. The standard InChI is InChI=1S/C34H46N10O3S/c1-24(2)42-15-6-7-29(23-42)43-18-14-35-32(43)30-21-25-22-36-34(39-31(25)44(33(30)45)20-19-41(4)48(5,46)47)38-27-10-8-26(9-11-27)37-28-12-16-40(3)17-13-28/h8-11,14,18,21-22,28-29,37H,1,6-7,12-13,15-17,19-20,23H2,2-5H3,(H,36,38,39). The van der Waals surface area contributed by atoms with Crippen molar-refractivity contribution in [2.24, 2.45) is 0 Å². The summed E-state index contributed by atoms with van der Waals surface area (Å²) in [6.45, 7) is 10.3. The number of aromatic nitrogens is 5. The van der Waals surface area contributed by atoms with Crippen molar-refractivity contribution in [1.82, 2.24) is 38.2 Å². The Morgan fingerprint density at radius 2 is 1.81 bits per heavy atom. The Balaban J connectivity index is 1.31. The van der Waals surface area contributed by atoms with Crippen molar-refractivity contribution < 1.29 is 8.42 Å². The summed E-state index contributed by atoms with van der Waals surface area (Å²) in [6, 6.07) is 10.4. The van der Waals surface area contributed by atoms with Gasteiger partial charge in [0.05, 0.1) is 17.9 Å². The Morgan fingerprint density at radius 3 is 2.52 bits per heavy atom. The van der Waals surface area contributed by atoms with Crippen LogP contribution < -0.4 is 16.2 Å². The molecule has 2 aliphatic heterocycles. The first-order valence-electron chi connectivity index (χ1n) is 16.5. The van der Waals surface area contributed by atoms with Gasteiger partial charge in [0.25, 0.3) is 5.56 Å². The highest BCUT2D eigenvalue weighted by molar-refractivity contribution is 7.88. The van der Waals surface area contributed by atoms with Crippen LogP contribution >= 0.6 is 0 Å². The molecule has 2 N–H and O–H groups in total. The van der Waals surface area contributed by atoms with E-state index >= 15 is 0 Å². The van der Waals surface area contributed by atoms with Gasteiger partial charge in [0.1, 0.15) is 11.5 Å². The SMILES string of the molecule is C=C(C)N1CCCC(n2ccnc2-c2cc3cnc(Nc4ccc(NC5CCN(C)CC5)cc4)nc3n(CCN(C)S(C)(=O)=O)c2=O)C1. The van der Waals surface area contributed by atoms with Gasteiger partial charge in [-0.25, -0.2) is 22.7 Å². The van der Waals surface area contributed by atoms with Crippen molar-refractivity contribution in [2.75, 3.05) is 63.7 Å². The van der Waals surface area contributed by atoms with E-state index < -0.39 is 10.0 Å². The quantitative estimate of drug-likeness (QED) is 0.241. The highest BCUT2D eigenvalue weighted by Gasteiger charge is 2.25. The molecule has 2 aliphatic rings. The minimum absolute atomic E-state index is 0.0977. The molecule has 6 rings (SSSR count). The molecule has 0 radical (unpaired) electrons. The molecule has 2 saturated heterocycles. The number of hydrogen-bond donors (Lipinski definition) is 2. The van der Waals surface area contributed by atoms with Gasteiger partial charge in [-0.05, 0) is 83.1 Å². The molecule has 13 nitrogen and oxygen atoms in total. The van der Waals surface area contributed by atoms with E-state index in [-0.39, 0.29) is 24.7 Å². The van der Waals surface area contributed by atoms with Gasteiger partial charge in [-0.2, -0.15) is 4.98 Å². The lowest BCUT2D eigenvalue weighted by atomic mass is 10.0. The zero-order chi connectivity index (χ0) is 34.0. The monoisotopic (exact) mass is 674 g/mol. The number of imidazole rings is 1. The van der Waals surface area contributed by atoms with Gasteiger partial charge >= 0.3 is 0 Å². The van der Waals surface area contributed by atoms with Crippen molar-refractivity contribution in [3.05, 3.63) is 71.6 Å². The average molecular weight is 675 g/mol. The maximum atomic E-state index is 14.3. The van der Waals surface area contributed by atoms with Crippen LogP contribution in [-0.2, 0) is 16.6 Å². The van der Waals surface area contributed by atoms with Crippen LogP contribution in [0.25, 0.3) is 22.4 Å². The summed E-state index contributed by atoms with van der Waals surface area (Å²) in [5.74, 6) is 0.899. The largest absolute Gasteiger partial charge is 0.382 e. The summed E-state index contributed by atoms with van der Waals surface area (Å²) in [4.78, 5) is 32.9. The van der Waals surface area contributed by atoms with Gasteiger partial charge in [-0.3, -0.25) is 9.36 Å². The lowest BCUT2D eigenvalue weighted by Crippen LogP contribution is -2.36. The maximum Gasteiger partial charge on any atom is 0.263 e. The van der Waals surface area contributed by atoms with E-state index in [2.05, 4.69) is 48.6 Å². The number of pyridine rings is 1. The predicted octanol–water partition coefficient (Wildman–Crippen LogP) is 3.97. The van der Waals surface area contributed by atoms with Crippen molar-refractivity contribution >= 4 is 38.4 Å². The third kappa shape index (κ3) is 7.55. The van der Waals surface area contributed by atoms with Crippen LogP contribution in [0.3, 0.4) is 0 Å². The van der Waals surface area contributed by atoms with E-state index in [0.717, 1.165) is 75.2 Å². The van der Waals surface area contributed by atoms with Crippen LogP contribution in [0.4, 0.5) is 17.3 Å². The van der Waals surface area contributed by atoms with Crippen LogP contribution in [0.2, 0.25) is 0 Å². The number of benzene rings is 1. The lowest BCUT2D eigenvalue weighted by molar-refractivity contribution is 0.221. The van der Waals surface area contributed by atoms with E-state index in [0.29, 0.717) is 34.4 Å². The second kappa shape index (κ2) is 14.1. The number of nitrogens with one attached hydrogen (secondary N) is 2. The topological polar surface area (TPSA) is 134 Å². The number of sulfonamides is 1. The number of likely N-dealkylation sites (tertiary alicyclic amines) is 2. The Bertz CT molecular complexity index is 1930. The summed E-state index contributed by atoms with van der Waals surface area (Å²) >= 11 is 0. The number of nitrogens with zero attached hydrogens (tertiary/aromatic N) is 8. The molecule has 0 bridgehead atoms. The molecule has 0 aliphatic carbocycles. The normalized spacial score (nSPS) is 18.0. The van der Waals surface area contributed by atoms with E-state index in [1.807, 2.05) is 37.4 Å². The minimum atomic E-state index is -3.45. The first-order valence-corrected chi connectivity index (χ1v) is 18.4. The fourth-order valence-electron chi connectivity index (χ4n) is 6.51. The minimum Gasteiger partial charge on any atom is -0.382 e. The molecule has 0 amide bonds. The molecule has 4 aromatic rings. The molecule has 0 saturated carbocycles. The van der Waals surface area contributed by atoms with E-state index in [9.17, 15) is 13.2 Å². The van der Waals surface area contributed by atoms with Gasteiger partial charge in [-0.15, -0.1) is 0 Å². The fourth-order valence-corrected chi connectivity index (χ4v) is 6.92. The Kier molecular flexibility index (Phi) is 9.85. The average Bonchev–Trinajstić information content (AvgIpc) is 3.55. The highest BCUT2D eigenvalue weighted by atomic mass is 32.2. The van der Waals surface area contributed by atoms with E-state index in [4.69, 9.17) is 4.98 Å². The number of piperidine rings is 2. The summed E-state index contributed by atoms with van der Waals surface area (Å²) in [6.07, 6.45) is 10.7. The van der Waals surface area contributed by atoms with Crippen LogP contribution in [-0.4, -0.2) is 106 Å². The second-order valence-electron chi connectivity index (χ2n) is 13.1. The van der Waals surface area contributed by atoms with Gasteiger partial charge in [-0.1, -0.05) is 6.58 Å². The smallest absolute Gasteiger partial charge is 0.263 e. The predicted molar refractivity (Wildman–Crippen MR) is 191 cm³/mol. The number of rotatable bonds is 11. The Hall–Kier alpha value is -4.27. The van der Waals surface area contributed by atoms with Crippen molar-refractivity contribution in [1.29, 1.82) is 0 Å². The number of anilines is 3. The van der Waals surface area contributed by atoms with Gasteiger partial charge in [0, 0.05) is 80.3 Å². The molecule has 256 valence electrons. The molecular formula is C34H46N10O3S. The lowest BCUT2D eigenvalue weighted by Gasteiger charge is -2.35. The van der Waals surface area contributed by atoms with Crippen LogP contribution in [0, 0.1) is 0 Å². The Morgan fingerprint density at radius 1 is 1.08 bits per heavy atom. The first-order chi connectivity index (χ1) is 23.0. The molecule has 0 spiro atoms. The second-order valence-corrected chi connectivity index (χ2v) is 15.2. The number of fused-ring (bicyclic) bond motifs is 1. The van der Waals surface area contributed by atoms with E-state index in [1.165, 1.54) is 15.9 Å². The highest BCUT2D eigenvalue weighted by Crippen LogP contribution is 2.29. The zero-order valence-electron chi connectivity index (χ0n) is 28.3. The molecule has 1 aromatic carbocycles. The molecule has 1 atom stereocenters. The summed E-state index contributed by atoms with van der Waals surface area (Å²) in [5, 5.41) is 7.55. The fraction of sp³-hybridized carbons (Fsp3) is 0.471. The van der Waals surface area contributed by atoms with Crippen LogP contribution in [0.15, 0.2) is 66.0 Å². The number of likely N-dealkylation sites (N-methyl/N-ethyl adjacent to an activating group) is 1. The summed E-state index contributed by atoms with van der Waals surface area (Å²) in [5.41, 5.74) is 3.42. The number of hydrogen-bond acceptors (Lipinski definition) is 10. The molecule has 48 heavy (non-hydrogen) atoms. The first kappa shape index (κ1) is 33.6. The van der Waals surface area contributed by atoms with Crippen molar-refractivity contribution in [2.45, 2.75) is 51.2 Å². The molecule has 14 heteroatoms. The van der Waals surface area contributed by atoms with E-state index in [1.54, 1.807) is 18.5 Å². The van der Waals surface area contributed by atoms with Gasteiger partial charge < -0.3 is 25.0 Å². The molecule has 2 fully saturated rings. The Labute approximate surface area is 282 Å². The number of allylic oxidation sites excluding steroid dienone is 1. The molecule has 3 aromatic heterocycles. The van der Waals surface area contributed by atoms with Crippen LogP contribution in [0.5, 0.6) is 0 Å². The zero-order valence-corrected chi connectivity index (χ0v) is 29.1. The third-order valence-electron chi connectivity index (χ3n) is 9.50. The summed E-state index contributed by atoms with van der Waals surface area (Å²) < 4.78 is 29.3. The third-order valence-corrected chi connectivity index (χ3v) is 10.8. The van der Waals surface area contributed by atoms with Crippen molar-refractivity contribution in [3.8, 4) is 11.4 Å². The van der Waals surface area contributed by atoms with Gasteiger partial charge in [0.2, 0.25) is 16.0 Å². The molecular weight excluding hydrogens is 629 g/mol. The summed E-state index contributed by atoms with van der Waals surface area (Å²) in [7, 11) is 0.206. The van der Waals surface area contributed by atoms with Gasteiger partial charge in [0.15, 0.2) is 0 Å². The molecule has 5 heterocycles. The van der Waals surface area contributed by atoms with Crippen LogP contribution in [0.1, 0.15) is 38.6 Å². The van der Waals surface area contributed by atoms with Crippen molar-refractivity contribution in [3.63, 3.8) is 0 Å².